The minimum Gasteiger partial charge on any atom is -0.432 e. The molecule has 1 aromatic heterocycles. The Bertz CT molecular complexity index is 706. The Hall–Kier alpha value is -3.96. The van der Waals surface area contributed by atoms with Crippen LogP contribution in [0.1, 0.15) is 33.8 Å². The first-order valence-electron chi connectivity index (χ1n) is 6.88. The van der Waals surface area contributed by atoms with Gasteiger partial charge in [-0.2, -0.15) is 0 Å². The zero-order valence-electron chi connectivity index (χ0n) is 13.4. The predicted octanol–water partition coefficient (Wildman–Crippen LogP) is -1.86. The molecule has 0 radical (unpaired) electrons. The Morgan fingerprint density at radius 2 is 1.15 bits per heavy atom. The van der Waals surface area contributed by atoms with E-state index in [1.165, 1.54) is 12.5 Å². The van der Waals surface area contributed by atoms with Crippen LogP contribution < -0.4 is 22.9 Å². The summed E-state index contributed by atoms with van der Waals surface area (Å²) < 4.78 is 8.68. The third kappa shape index (κ3) is 7.08. The minimum atomic E-state index is -0.696. The summed E-state index contributed by atoms with van der Waals surface area (Å²) in [7, 11) is 0. The highest BCUT2D eigenvalue weighted by Gasteiger charge is 2.10. The largest absolute Gasteiger partial charge is 0.432 e. The highest BCUT2D eigenvalue weighted by Crippen LogP contribution is 2.04. The third-order valence-electron chi connectivity index (χ3n) is 2.54. The number of primary amides is 2. The Morgan fingerprint density at radius 1 is 0.808 bits per heavy atom. The van der Waals surface area contributed by atoms with Gasteiger partial charge in [-0.3, -0.25) is 19.2 Å². The number of hydrogen-bond acceptors (Lipinski definition) is 10. The van der Waals surface area contributed by atoms with Crippen molar-refractivity contribution >= 4 is 23.8 Å². The van der Waals surface area contributed by atoms with E-state index in [0.29, 0.717) is 11.4 Å². The lowest BCUT2D eigenvalue weighted by molar-refractivity contribution is -0.136. The number of amides is 2. The quantitative estimate of drug-likeness (QED) is 0.429. The van der Waals surface area contributed by atoms with Crippen molar-refractivity contribution in [2.45, 2.75) is 12.8 Å². The minimum absolute atomic E-state index is 0.000000000000000222. The monoisotopic (exact) mass is 364 g/mol. The molecule has 138 valence electrons. The van der Waals surface area contributed by atoms with Crippen LogP contribution in [0.25, 0.3) is 0 Å². The molecule has 1 aromatic rings. The summed E-state index contributed by atoms with van der Waals surface area (Å²) in [5.41, 5.74) is 21.1. The van der Waals surface area contributed by atoms with E-state index in [4.69, 9.17) is 22.9 Å². The number of nitrogens with two attached hydrogens (primary N) is 4. The van der Waals surface area contributed by atoms with E-state index in [-0.39, 0.29) is 36.2 Å². The summed E-state index contributed by atoms with van der Waals surface area (Å²) in [6, 6.07) is 0. The normalized spacial score (nSPS) is 14.5. The fourth-order valence-electron chi connectivity index (χ4n) is 1.37. The van der Waals surface area contributed by atoms with Crippen molar-refractivity contribution in [3.8, 4) is 0 Å². The van der Waals surface area contributed by atoms with Crippen molar-refractivity contribution in [1.29, 1.82) is 0 Å². The molecule has 0 saturated heterocycles. The van der Waals surface area contributed by atoms with Crippen LogP contribution in [0.4, 0.5) is 0 Å². The standard InChI is InChI=1S/C6H6N4O2.2C4H5NO2/c7-5(11)3-1-9-4(2-10-3)6(8)12;2*5-3-1-4(6)7-2-3/h1-2H,(H2,7,11)(H2,8,12);2*2H,1,5H2. The number of carbonyl (C=O) groups excluding carboxylic acids is 4. The van der Waals surface area contributed by atoms with Gasteiger partial charge in [-0.05, 0) is 0 Å². The average molecular weight is 364 g/mol. The smallest absolute Gasteiger partial charge is 0.316 e. The molecular weight excluding hydrogens is 348 g/mol. The van der Waals surface area contributed by atoms with Crippen LogP contribution in [0.15, 0.2) is 36.3 Å². The van der Waals surface area contributed by atoms with E-state index in [1.807, 2.05) is 0 Å². The number of cyclic esters (lactones) is 2. The summed E-state index contributed by atoms with van der Waals surface area (Å²) in [6.07, 6.45) is 5.23. The predicted molar refractivity (Wildman–Crippen MR) is 85.0 cm³/mol. The van der Waals surface area contributed by atoms with E-state index >= 15 is 0 Å². The zero-order chi connectivity index (χ0) is 19.7. The zero-order valence-corrected chi connectivity index (χ0v) is 13.4. The Morgan fingerprint density at radius 3 is 1.27 bits per heavy atom. The molecule has 3 rings (SSSR count). The molecule has 0 fully saturated rings. The molecule has 0 aliphatic carbocycles. The second kappa shape index (κ2) is 9.36. The van der Waals surface area contributed by atoms with E-state index in [0.717, 1.165) is 12.4 Å². The summed E-state index contributed by atoms with van der Waals surface area (Å²) in [5.74, 6) is -1.92. The van der Waals surface area contributed by atoms with Gasteiger partial charge in [0, 0.05) is 0 Å². The van der Waals surface area contributed by atoms with Gasteiger partial charge in [0.2, 0.25) is 0 Å². The van der Waals surface area contributed by atoms with Gasteiger partial charge in [0.1, 0.15) is 23.9 Å². The van der Waals surface area contributed by atoms with Gasteiger partial charge < -0.3 is 32.4 Å². The first-order valence-corrected chi connectivity index (χ1v) is 6.88. The average Bonchev–Trinajstić information content (AvgIpc) is 3.15. The molecule has 0 bridgehead atoms. The van der Waals surface area contributed by atoms with Crippen LogP contribution in [0.2, 0.25) is 0 Å². The molecule has 2 aliphatic rings. The summed E-state index contributed by atoms with van der Waals surface area (Å²) in [5, 5.41) is 0. The molecule has 0 atom stereocenters. The molecule has 0 spiro atoms. The molecule has 8 N–H and O–H groups in total. The Balaban J connectivity index is 0.000000207. The fourth-order valence-corrected chi connectivity index (χ4v) is 1.37. The fraction of sp³-hybridized carbons (Fsp3) is 0.143. The molecule has 26 heavy (non-hydrogen) atoms. The summed E-state index contributed by atoms with van der Waals surface area (Å²) >= 11 is 0. The van der Waals surface area contributed by atoms with Crippen LogP contribution in [0.5, 0.6) is 0 Å². The number of nitrogens with zero attached hydrogens (tertiary/aromatic N) is 2. The van der Waals surface area contributed by atoms with Crippen molar-refractivity contribution in [2.75, 3.05) is 0 Å². The van der Waals surface area contributed by atoms with Crippen molar-refractivity contribution in [1.82, 2.24) is 9.97 Å². The molecule has 2 aliphatic heterocycles. The Kier molecular flexibility index (Phi) is 7.23. The molecule has 2 amide bonds. The maximum absolute atomic E-state index is 10.5. The lowest BCUT2D eigenvalue weighted by atomic mass is 10.4. The van der Waals surface area contributed by atoms with Crippen LogP contribution >= 0.6 is 0 Å². The number of esters is 2. The number of hydrogen-bond donors (Lipinski definition) is 4. The lowest BCUT2D eigenvalue weighted by Crippen LogP contribution is -2.17. The van der Waals surface area contributed by atoms with E-state index in [2.05, 4.69) is 19.4 Å². The van der Waals surface area contributed by atoms with Crippen molar-refractivity contribution < 1.29 is 28.7 Å². The SMILES string of the molecule is NC(=O)c1cnc(C(N)=O)cn1.NC1=COC(=O)C1.NC1=COC(=O)C1. The lowest BCUT2D eigenvalue weighted by Gasteiger charge is -1.94. The molecular formula is C14H16N6O6. The topological polar surface area (TPSA) is 217 Å². The number of rotatable bonds is 2. The second-order valence-corrected chi connectivity index (χ2v) is 4.73. The maximum Gasteiger partial charge on any atom is 0.316 e. The molecule has 0 saturated carbocycles. The number of aromatic nitrogens is 2. The molecule has 0 unspecified atom stereocenters. The first kappa shape index (κ1) is 20.1. The molecule has 12 heteroatoms. The number of carbonyl (C=O) groups is 4. The Labute approximate surface area is 146 Å². The maximum atomic E-state index is 10.5. The summed E-state index contributed by atoms with van der Waals surface area (Å²) in [4.78, 5) is 48.3. The highest BCUT2D eigenvalue weighted by molar-refractivity contribution is 5.92. The van der Waals surface area contributed by atoms with Gasteiger partial charge in [-0.1, -0.05) is 0 Å². The summed E-state index contributed by atoms with van der Waals surface area (Å²) in [6.45, 7) is 0. The van der Waals surface area contributed by atoms with Crippen molar-refractivity contribution in [2.24, 2.45) is 22.9 Å². The van der Waals surface area contributed by atoms with Gasteiger partial charge in [0.25, 0.3) is 11.8 Å². The van der Waals surface area contributed by atoms with E-state index in [9.17, 15) is 19.2 Å². The number of ether oxygens (including phenoxy) is 2. The third-order valence-corrected chi connectivity index (χ3v) is 2.54. The van der Waals surface area contributed by atoms with Crippen LogP contribution in [-0.2, 0) is 19.1 Å². The van der Waals surface area contributed by atoms with Gasteiger partial charge in [0.15, 0.2) is 0 Å². The molecule has 3 heterocycles. The van der Waals surface area contributed by atoms with Crippen molar-refractivity contribution in [3.05, 3.63) is 47.7 Å². The van der Waals surface area contributed by atoms with Gasteiger partial charge in [0.05, 0.1) is 36.6 Å². The van der Waals surface area contributed by atoms with E-state index < -0.39 is 11.8 Å². The highest BCUT2D eigenvalue weighted by atomic mass is 16.5. The second-order valence-electron chi connectivity index (χ2n) is 4.73. The van der Waals surface area contributed by atoms with Gasteiger partial charge in [-0.15, -0.1) is 0 Å². The van der Waals surface area contributed by atoms with Gasteiger partial charge in [-0.25, -0.2) is 9.97 Å². The van der Waals surface area contributed by atoms with E-state index in [1.54, 1.807) is 0 Å². The molecule has 12 nitrogen and oxygen atoms in total. The van der Waals surface area contributed by atoms with Gasteiger partial charge >= 0.3 is 11.9 Å². The van der Waals surface area contributed by atoms with Crippen LogP contribution in [0, 0.1) is 0 Å². The first-order chi connectivity index (χ1) is 12.2. The van der Waals surface area contributed by atoms with Crippen LogP contribution in [-0.4, -0.2) is 33.7 Å². The van der Waals surface area contributed by atoms with Crippen LogP contribution in [0.3, 0.4) is 0 Å². The molecule has 0 aromatic carbocycles. The van der Waals surface area contributed by atoms with Crippen molar-refractivity contribution in [3.63, 3.8) is 0 Å².